The maximum Gasteiger partial charge on any atom is 0.271 e. The van der Waals surface area contributed by atoms with Crippen LogP contribution >= 0.6 is 0 Å². The molecule has 0 saturated heterocycles. The number of oxazole rings is 1. The molecule has 1 amide bonds. The Kier molecular flexibility index (Phi) is 2.93. The Morgan fingerprint density at radius 2 is 2.00 bits per heavy atom. The van der Waals surface area contributed by atoms with Crippen LogP contribution < -0.4 is 11.5 Å². The molecule has 5 heteroatoms. The number of carbonyl (C=O) groups excluding carboxylic acids is 1. The van der Waals surface area contributed by atoms with E-state index in [0.717, 1.165) is 11.1 Å². The van der Waals surface area contributed by atoms with Gasteiger partial charge in [0.2, 0.25) is 0 Å². The van der Waals surface area contributed by atoms with Gasteiger partial charge in [-0.05, 0) is 5.56 Å². The minimum atomic E-state index is -0.597. The van der Waals surface area contributed by atoms with Crippen molar-refractivity contribution in [1.29, 1.82) is 0 Å². The average Bonchev–Trinajstić information content (AvgIpc) is 2.72. The van der Waals surface area contributed by atoms with Crippen molar-refractivity contribution in [2.45, 2.75) is 13.5 Å². The molecule has 88 valence electrons. The van der Waals surface area contributed by atoms with Crippen LogP contribution in [0.3, 0.4) is 0 Å². The molecule has 0 saturated carbocycles. The third kappa shape index (κ3) is 2.19. The van der Waals surface area contributed by atoms with E-state index in [4.69, 9.17) is 15.9 Å². The third-order valence-electron chi connectivity index (χ3n) is 2.42. The predicted octanol–water partition coefficient (Wildman–Crippen LogP) is 1.21. The van der Waals surface area contributed by atoms with Gasteiger partial charge in [-0.3, -0.25) is 4.79 Å². The van der Waals surface area contributed by atoms with Crippen LogP contribution in [0.15, 0.2) is 28.7 Å². The molecule has 1 heterocycles. The Morgan fingerprint density at radius 3 is 2.53 bits per heavy atom. The normalized spacial score (nSPS) is 10.5. The lowest BCUT2D eigenvalue weighted by atomic mass is 10.1. The van der Waals surface area contributed by atoms with Crippen LogP contribution in [0, 0.1) is 6.92 Å². The van der Waals surface area contributed by atoms with Gasteiger partial charge in [0.25, 0.3) is 5.91 Å². The number of carbonyl (C=O) groups is 1. The van der Waals surface area contributed by atoms with E-state index in [-0.39, 0.29) is 5.69 Å². The molecule has 0 aliphatic heterocycles. The van der Waals surface area contributed by atoms with E-state index in [1.807, 2.05) is 24.3 Å². The van der Waals surface area contributed by atoms with E-state index in [2.05, 4.69) is 4.98 Å². The summed E-state index contributed by atoms with van der Waals surface area (Å²) in [4.78, 5) is 15.2. The molecular weight excluding hydrogens is 218 g/mol. The number of hydrogen-bond acceptors (Lipinski definition) is 4. The number of aromatic nitrogens is 1. The maximum atomic E-state index is 11.2. The number of amides is 1. The molecule has 0 bridgehead atoms. The second kappa shape index (κ2) is 4.39. The highest BCUT2D eigenvalue weighted by molar-refractivity contribution is 5.96. The summed E-state index contributed by atoms with van der Waals surface area (Å²) in [6, 6.07) is 7.40. The molecule has 0 atom stereocenters. The summed E-state index contributed by atoms with van der Waals surface area (Å²) in [7, 11) is 0. The summed E-state index contributed by atoms with van der Waals surface area (Å²) in [5.41, 5.74) is 12.7. The van der Waals surface area contributed by atoms with Crippen molar-refractivity contribution < 1.29 is 9.21 Å². The fourth-order valence-electron chi connectivity index (χ4n) is 1.58. The summed E-state index contributed by atoms with van der Waals surface area (Å²) >= 11 is 0. The summed E-state index contributed by atoms with van der Waals surface area (Å²) in [5.74, 6) is 0.218. The van der Waals surface area contributed by atoms with Crippen LogP contribution in [-0.2, 0) is 6.54 Å². The minimum absolute atomic E-state index is 0.156. The van der Waals surface area contributed by atoms with E-state index < -0.39 is 5.91 Å². The molecule has 1 aromatic heterocycles. The summed E-state index contributed by atoms with van der Waals surface area (Å²) in [6.45, 7) is 2.14. The van der Waals surface area contributed by atoms with E-state index >= 15 is 0 Å². The van der Waals surface area contributed by atoms with E-state index in [9.17, 15) is 4.79 Å². The predicted molar refractivity (Wildman–Crippen MR) is 63.1 cm³/mol. The monoisotopic (exact) mass is 231 g/mol. The van der Waals surface area contributed by atoms with Gasteiger partial charge in [-0.25, -0.2) is 4.98 Å². The summed E-state index contributed by atoms with van der Waals surface area (Å²) < 4.78 is 5.39. The SMILES string of the molecule is Cc1nc(C(N)=O)c(-c2ccc(CN)cc2)o1. The van der Waals surface area contributed by atoms with Crippen LogP contribution in [0.25, 0.3) is 11.3 Å². The lowest BCUT2D eigenvalue weighted by Crippen LogP contribution is -2.12. The zero-order valence-electron chi connectivity index (χ0n) is 9.43. The molecule has 0 radical (unpaired) electrons. The molecule has 2 aromatic rings. The van der Waals surface area contributed by atoms with E-state index in [1.54, 1.807) is 6.92 Å². The number of primary amides is 1. The quantitative estimate of drug-likeness (QED) is 0.829. The highest BCUT2D eigenvalue weighted by Gasteiger charge is 2.17. The molecule has 0 unspecified atom stereocenters. The van der Waals surface area contributed by atoms with Gasteiger partial charge in [0, 0.05) is 19.0 Å². The zero-order chi connectivity index (χ0) is 12.4. The van der Waals surface area contributed by atoms with E-state index in [0.29, 0.717) is 18.2 Å². The fraction of sp³-hybridized carbons (Fsp3) is 0.167. The van der Waals surface area contributed by atoms with Crippen LogP contribution in [0.5, 0.6) is 0 Å². The van der Waals surface area contributed by atoms with Gasteiger partial charge < -0.3 is 15.9 Å². The molecule has 0 aliphatic rings. The molecule has 0 aliphatic carbocycles. The Bertz CT molecular complexity index is 543. The number of rotatable bonds is 3. The lowest BCUT2D eigenvalue weighted by molar-refractivity contribution is 0.0996. The third-order valence-corrected chi connectivity index (χ3v) is 2.42. The van der Waals surface area contributed by atoms with Crippen LogP contribution in [0.4, 0.5) is 0 Å². The van der Waals surface area contributed by atoms with Crippen molar-refractivity contribution in [1.82, 2.24) is 4.98 Å². The molecule has 1 aromatic carbocycles. The van der Waals surface area contributed by atoms with Gasteiger partial charge in [-0.2, -0.15) is 0 Å². The Balaban J connectivity index is 2.48. The molecule has 5 nitrogen and oxygen atoms in total. The minimum Gasteiger partial charge on any atom is -0.440 e. The summed E-state index contributed by atoms with van der Waals surface area (Å²) in [6.07, 6.45) is 0. The topological polar surface area (TPSA) is 95.1 Å². The first-order valence-corrected chi connectivity index (χ1v) is 5.18. The van der Waals surface area contributed by atoms with Crippen LogP contribution in [0.1, 0.15) is 21.9 Å². The number of benzene rings is 1. The standard InChI is InChI=1S/C12H13N3O2/c1-7-15-10(12(14)16)11(17-7)9-4-2-8(6-13)3-5-9/h2-5H,6,13H2,1H3,(H2,14,16). The molecule has 0 fully saturated rings. The molecular formula is C12H13N3O2. The first-order chi connectivity index (χ1) is 8.11. The van der Waals surface area contributed by atoms with Gasteiger partial charge in [-0.15, -0.1) is 0 Å². The second-order valence-corrected chi connectivity index (χ2v) is 3.68. The van der Waals surface area contributed by atoms with Crippen LogP contribution in [0.2, 0.25) is 0 Å². The number of aryl methyl sites for hydroxylation is 1. The Labute approximate surface area is 98.4 Å². The van der Waals surface area contributed by atoms with Crippen molar-refractivity contribution in [3.05, 3.63) is 41.4 Å². The van der Waals surface area contributed by atoms with Gasteiger partial charge in [0.1, 0.15) is 0 Å². The molecule has 0 spiro atoms. The van der Waals surface area contributed by atoms with E-state index in [1.165, 1.54) is 0 Å². The van der Waals surface area contributed by atoms with Gasteiger partial charge >= 0.3 is 0 Å². The summed E-state index contributed by atoms with van der Waals surface area (Å²) in [5, 5.41) is 0. The fourth-order valence-corrected chi connectivity index (χ4v) is 1.58. The second-order valence-electron chi connectivity index (χ2n) is 3.68. The van der Waals surface area contributed by atoms with Gasteiger partial charge in [0.05, 0.1) is 0 Å². The van der Waals surface area contributed by atoms with Crippen molar-refractivity contribution in [3.63, 3.8) is 0 Å². The largest absolute Gasteiger partial charge is 0.440 e. The molecule has 17 heavy (non-hydrogen) atoms. The average molecular weight is 231 g/mol. The smallest absolute Gasteiger partial charge is 0.271 e. The lowest BCUT2D eigenvalue weighted by Gasteiger charge is -2.00. The van der Waals surface area contributed by atoms with Gasteiger partial charge in [0.15, 0.2) is 17.3 Å². The van der Waals surface area contributed by atoms with Crippen molar-refractivity contribution >= 4 is 5.91 Å². The number of nitrogens with two attached hydrogens (primary N) is 2. The molecule has 4 N–H and O–H groups in total. The highest BCUT2D eigenvalue weighted by Crippen LogP contribution is 2.24. The number of nitrogens with zero attached hydrogens (tertiary/aromatic N) is 1. The van der Waals surface area contributed by atoms with Crippen molar-refractivity contribution in [2.24, 2.45) is 11.5 Å². The first-order valence-electron chi connectivity index (χ1n) is 5.18. The van der Waals surface area contributed by atoms with Crippen LogP contribution in [-0.4, -0.2) is 10.9 Å². The Morgan fingerprint density at radius 1 is 1.35 bits per heavy atom. The number of hydrogen-bond donors (Lipinski definition) is 2. The first kappa shape index (κ1) is 11.3. The van der Waals surface area contributed by atoms with Crippen molar-refractivity contribution in [2.75, 3.05) is 0 Å². The van der Waals surface area contributed by atoms with Crippen molar-refractivity contribution in [3.8, 4) is 11.3 Å². The highest BCUT2D eigenvalue weighted by atomic mass is 16.4. The zero-order valence-corrected chi connectivity index (χ0v) is 9.43. The van der Waals surface area contributed by atoms with Gasteiger partial charge in [-0.1, -0.05) is 24.3 Å². The Hall–Kier alpha value is -2.14. The maximum absolute atomic E-state index is 11.2. The molecule has 2 rings (SSSR count).